The summed E-state index contributed by atoms with van der Waals surface area (Å²) in [5, 5.41) is 0. The van der Waals surface area contributed by atoms with Crippen LogP contribution in [-0.2, 0) is 6.42 Å². The fourth-order valence-electron chi connectivity index (χ4n) is 1.96. The molecule has 0 saturated carbocycles. The Kier molecular flexibility index (Phi) is 2.79. The largest absolute Gasteiger partial charge is 0.369 e. The van der Waals surface area contributed by atoms with Crippen molar-refractivity contribution in [3.05, 3.63) is 28.2 Å². The molecule has 1 aliphatic heterocycles. The molecule has 0 fully saturated rings. The first-order chi connectivity index (χ1) is 6.66. The lowest BCUT2D eigenvalue weighted by Gasteiger charge is -2.21. The van der Waals surface area contributed by atoms with Gasteiger partial charge in [0.1, 0.15) is 0 Å². The number of rotatable bonds is 2. The number of hydrogen-bond acceptors (Lipinski definition) is 2. The van der Waals surface area contributed by atoms with E-state index in [1.807, 2.05) is 0 Å². The maximum atomic E-state index is 5.81. The molecule has 76 valence electrons. The Morgan fingerprint density at radius 3 is 3.07 bits per heavy atom. The summed E-state index contributed by atoms with van der Waals surface area (Å²) < 4.78 is 1.15. The zero-order valence-electron chi connectivity index (χ0n) is 8.33. The summed E-state index contributed by atoms with van der Waals surface area (Å²) in [7, 11) is 0. The van der Waals surface area contributed by atoms with Gasteiger partial charge in [-0.3, -0.25) is 0 Å². The van der Waals surface area contributed by atoms with E-state index in [1.54, 1.807) is 0 Å². The monoisotopic (exact) mass is 254 g/mol. The third kappa shape index (κ3) is 1.93. The summed E-state index contributed by atoms with van der Waals surface area (Å²) in [5.74, 6) is 0. The van der Waals surface area contributed by atoms with Crippen LogP contribution in [0.3, 0.4) is 0 Å². The van der Waals surface area contributed by atoms with Crippen molar-refractivity contribution >= 4 is 21.6 Å². The number of hydrogen-bond donors (Lipinski definition) is 1. The number of halogens is 1. The molecule has 0 aliphatic carbocycles. The normalized spacial score (nSPS) is 16.9. The maximum absolute atomic E-state index is 5.81. The van der Waals surface area contributed by atoms with Crippen LogP contribution in [0.1, 0.15) is 12.5 Å². The van der Waals surface area contributed by atoms with Gasteiger partial charge in [0.05, 0.1) is 0 Å². The zero-order valence-corrected chi connectivity index (χ0v) is 9.92. The van der Waals surface area contributed by atoms with Gasteiger partial charge >= 0.3 is 0 Å². The van der Waals surface area contributed by atoms with Crippen LogP contribution in [0.15, 0.2) is 22.7 Å². The van der Waals surface area contributed by atoms with Crippen LogP contribution in [0.4, 0.5) is 5.69 Å². The lowest BCUT2D eigenvalue weighted by atomic mass is 10.2. The maximum Gasteiger partial charge on any atom is 0.0411 e. The molecule has 0 spiro atoms. The molecule has 3 heteroatoms. The van der Waals surface area contributed by atoms with Gasteiger partial charge in [-0.25, -0.2) is 0 Å². The van der Waals surface area contributed by atoms with Crippen LogP contribution in [0, 0.1) is 0 Å². The summed E-state index contributed by atoms with van der Waals surface area (Å²) in [5.41, 5.74) is 8.60. The minimum Gasteiger partial charge on any atom is -0.369 e. The Labute approximate surface area is 93.2 Å². The van der Waals surface area contributed by atoms with E-state index in [0.717, 1.165) is 24.0 Å². The van der Waals surface area contributed by atoms with Crippen molar-refractivity contribution in [3.63, 3.8) is 0 Å². The van der Waals surface area contributed by atoms with Crippen molar-refractivity contribution in [3.8, 4) is 0 Å². The van der Waals surface area contributed by atoms with Crippen molar-refractivity contribution in [1.29, 1.82) is 0 Å². The fraction of sp³-hybridized carbons (Fsp3) is 0.455. The molecular formula is C11H15BrN2. The molecule has 0 saturated heterocycles. The predicted molar refractivity (Wildman–Crippen MR) is 63.7 cm³/mol. The molecular weight excluding hydrogens is 240 g/mol. The summed E-state index contributed by atoms with van der Waals surface area (Å²) in [6, 6.07) is 6.72. The third-order valence-corrected chi connectivity index (χ3v) is 3.04. The first-order valence-corrected chi connectivity index (χ1v) is 5.75. The van der Waals surface area contributed by atoms with E-state index in [0.29, 0.717) is 0 Å². The minimum absolute atomic E-state index is 0.236. The van der Waals surface area contributed by atoms with Crippen molar-refractivity contribution in [2.45, 2.75) is 19.4 Å². The van der Waals surface area contributed by atoms with E-state index in [4.69, 9.17) is 5.73 Å². The van der Waals surface area contributed by atoms with Crippen molar-refractivity contribution in [2.24, 2.45) is 5.73 Å². The van der Waals surface area contributed by atoms with E-state index in [1.165, 1.54) is 11.3 Å². The quantitative estimate of drug-likeness (QED) is 0.877. The Balaban J connectivity index is 2.24. The molecule has 1 heterocycles. The molecule has 0 amide bonds. The number of benzene rings is 1. The molecule has 14 heavy (non-hydrogen) atoms. The average Bonchev–Trinajstić information content (AvgIpc) is 2.47. The van der Waals surface area contributed by atoms with Gasteiger partial charge in [-0.05, 0) is 31.0 Å². The molecule has 0 aromatic heterocycles. The summed E-state index contributed by atoms with van der Waals surface area (Å²) in [4.78, 5) is 2.37. The van der Waals surface area contributed by atoms with Crippen molar-refractivity contribution in [1.82, 2.24) is 0 Å². The summed E-state index contributed by atoms with van der Waals surface area (Å²) in [6.07, 6.45) is 1.15. The molecule has 0 bridgehead atoms. The smallest absolute Gasteiger partial charge is 0.0411 e. The lowest BCUT2D eigenvalue weighted by molar-refractivity contribution is 0.693. The first-order valence-electron chi connectivity index (χ1n) is 4.96. The molecule has 1 aromatic rings. The second-order valence-electron chi connectivity index (χ2n) is 3.95. The molecule has 1 atom stereocenters. The van der Waals surface area contributed by atoms with Gasteiger partial charge in [0.2, 0.25) is 0 Å². The molecule has 2 N–H and O–H groups in total. The van der Waals surface area contributed by atoms with Crippen LogP contribution in [-0.4, -0.2) is 19.1 Å². The van der Waals surface area contributed by atoms with Gasteiger partial charge in [0.25, 0.3) is 0 Å². The number of fused-ring (bicyclic) bond motifs is 1. The second-order valence-corrected chi connectivity index (χ2v) is 4.86. The van der Waals surface area contributed by atoms with Gasteiger partial charge in [0.15, 0.2) is 0 Å². The molecule has 1 aromatic carbocycles. The fourth-order valence-corrected chi connectivity index (χ4v) is 2.30. The van der Waals surface area contributed by atoms with Crippen molar-refractivity contribution in [2.75, 3.05) is 18.0 Å². The highest BCUT2D eigenvalue weighted by atomic mass is 79.9. The van der Waals surface area contributed by atoms with Gasteiger partial charge < -0.3 is 10.6 Å². The molecule has 2 rings (SSSR count). The minimum atomic E-state index is 0.236. The standard InChI is InChI=1S/C11H15BrN2/c1-8(13)7-14-5-4-9-2-3-10(12)6-11(9)14/h2-3,6,8H,4-5,7,13H2,1H3/t8-/m1/s1. The van der Waals surface area contributed by atoms with Crippen LogP contribution in [0.2, 0.25) is 0 Å². The lowest BCUT2D eigenvalue weighted by Crippen LogP contribution is -2.34. The highest BCUT2D eigenvalue weighted by molar-refractivity contribution is 9.10. The highest BCUT2D eigenvalue weighted by Gasteiger charge is 2.19. The molecule has 0 radical (unpaired) electrons. The Morgan fingerprint density at radius 1 is 1.57 bits per heavy atom. The Bertz CT molecular complexity index is 336. The second kappa shape index (κ2) is 3.91. The molecule has 1 aliphatic rings. The predicted octanol–water partition coefficient (Wildman–Crippen LogP) is 2.16. The van der Waals surface area contributed by atoms with Crippen LogP contribution in [0.25, 0.3) is 0 Å². The van der Waals surface area contributed by atoms with Gasteiger partial charge in [-0.1, -0.05) is 22.0 Å². The Hall–Kier alpha value is -0.540. The van der Waals surface area contributed by atoms with E-state index in [2.05, 4.69) is 46.0 Å². The number of anilines is 1. The van der Waals surface area contributed by atoms with Gasteiger partial charge in [-0.2, -0.15) is 0 Å². The molecule has 0 unspecified atom stereocenters. The SMILES string of the molecule is C[C@@H](N)CN1CCc2ccc(Br)cc21. The third-order valence-electron chi connectivity index (χ3n) is 2.55. The van der Waals surface area contributed by atoms with Gasteiger partial charge in [0, 0.05) is 29.3 Å². The summed E-state index contributed by atoms with van der Waals surface area (Å²) >= 11 is 3.50. The highest BCUT2D eigenvalue weighted by Crippen LogP contribution is 2.30. The van der Waals surface area contributed by atoms with Crippen LogP contribution >= 0.6 is 15.9 Å². The van der Waals surface area contributed by atoms with Crippen molar-refractivity contribution < 1.29 is 0 Å². The average molecular weight is 255 g/mol. The van der Waals surface area contributed by atoms with Crippen LogP contribution in [0.5, 0.6) is 0 Å². The Morgan fingerprint density at radius 2 is 2.36 bits per heavy atom. The van der Waals surface area contributed by atoms with E-state index >= 15 is 0 Å². The topological polar surface area (TPSA) is 29.3 Å². The summed E-state index contributed by atoms with van der Waals surface area (Å²) in [6.45, 7) is 4.10. The van der Waals surface area contributed by atoms with E-state index < -0.39 is 0 Å². The molecule has 2 nitrogen and oxygen atoms in total. The van der Waals surface area contributed by atoms with E-state index in [-0.39, 0.29) is 6.04 Å². The van der Waals surface area contributed by atoms with Crippen LogP contribution < -0.4 is 10.6 Å². The number of nitrogens with two attached hydrogens (primary N) is 1. The van der Waals surface area contributed by atoms with E-state index in [9.17, 15) is 0 Å². The first kappa shape index (κ1) is 9.99. The zero-order chi connectivity index (χ0) is 10.1. The van der Waals surface area contributed by atoms with Gasteiger partial charge in [-0.15, -0.1) is 0 Å². The number of nitrogens with zero attached hydrogens (tertiary/aromatic N) is 1.